The first-order valence-corrected chi connectivity index (χ1v) is 8.76. The number of alkyl halides is 3. The van der Waals surface area contributed by atoms with Gasteiger partial charge in [0.2, 0.25) is 5.91 Å². The van der Waals surface area contributed by atoms with Gasteiger partial charge in [0, 0.05) is 38.1 Å². The molecule has 0 aromatic heterocycles. The Hall–Kier alpha value is -1.47. The lowest BCUT2D eigenvalue weighted by Gasteiger charge is -2.39. The summed E-state index contributed by atoms with van der Waals surface area (Å²) in [5.74, 6) is -1.98. The number of rotatable bonds is 2. The number of amides is 3. The Balaban J connectivity index is 1.52. The molecular formula is C16H24F3N3O2. The second-order valence-electron chi connectivity index (χ2n) is 7.08. The number of nitrogens with zero attached hydrogens (tertiary/aromatic N) is 2. The van der Waals surface area contributed by atoms with Crippen molar-refractivity contribution >= 4 is 11.9 Å². The smallest absolute Gasteiger partial charge is 0.342 e. The third kappa shape index (κ3) is 3.62. The van der Waals surface area contributed by atoms with E-state index >= 15 is 0 Å². The highest BCUT2D eigenvalue weighted by Gasteiger charge is 2.44. The summed E-state index contributed by atoms with van der Waals surface area (Å²) in [6.45, 7) is 2.40. The third-order valence-electron chi connectivity index (χ3n) is 5.59. The van der Waals surface area contributed by atoms with Gasteiger partial charge in [0.25, 0.3) is 0 Å². The predicted molar refractivity (Wildman–Crippen MR) is 81.2 cm³/mol. The minimum absolute atomic E-state index is 0.0555. The standard InChI is InChI=1S/C16H24F3N3O2/c17-16(18,19)12-3-1-2-11(10-12)14(23)21-7-4-13(5-8-21)22-9-6-20-15(22)24/h11-13H,1-10H2,(H,20,24)/t11-,12+/m0/s1. The van der Waals surface area contributed by atoms with Gasteiger partial charge in [-0.15, -0.1) is 0 Å². The fourth-order valence-electron chi connectivity index (χ4n) is 4.20. The van der Waals surface area contributed by atoms with E-state index in [0.717, 1.165) is 0 Å². The molecule has 0 aromatic carbocycles. The highest BCUT2D eigenvalue weighted by Crippen LogP contribution is 2.40. The Kier molecular flexibility index (Phi) is 4.92. The van der Waals surface area contributed by atoms with Crippen LogP contribution in [0.3, 0.4) is 0 Å². The predicted octanol–water partition coefficient (Wildman–Crippen LogP) is 2.37. The van der Waals surface area contributed by atoms with Gasteiger partial charge >= 0.3 is 12.2 Å². The van der Waals surface area contributed by atoms with E-state index in [0.29, 0.717) is 51.9 Å². The van der Waals surface area contributed by atoms with E-state index in [1.807, 2.05) is 4.90 Å². The van der Waals surface area contributed by atoms with Crippen molar-refractivity contribution in [1.29, 1.82) is 0 Å². The Morgan fingerprint density at radius 1 is 1.08 bits per heavy atom. The van der Waals surface area contributed by atoms with Gasteiger partial charge in [0.05, 0.1) is 5.92 Å². The number of carbonyl (C=O) groups excluding carboxylic acids is 2. The Bertz CT molecular complexity index is 489. The Labute approximate surface area is 139 Å². The topological polar surface area (TPSA) is 52.7 Å². The monoisotopic (exact) mass is 347 g/mol. The number of carbonyl (C=O) groups is 2. The minimum Gasteiger partial charge on any atom is -0.342 e. The van der Waals surface area contributed by atoms with Gasteiger partial charge in [0.1, 0.15) is 0 Å². The second kappa shape index (κ2) is 6.80. The van der Waals surface area contributed by atoms with E-state index in [1.54, 1.807) is 4.90 Å². The first kappa shape index (κ1) is 17.4. The van der Waals surface area contributed by atoms with Crippen LogP contribution in [-0.2, 0) is 4.79 Å². The van der Waals surface area contributed by atoms with Crippen molar-refractivity contribution < 1.29 is 22.8 Å². The van der Waals surface area contributed by atoms with Gasteiger partial charge in [-0.3, -0.25) is 4.79 Å². The molecule has 3 rings (SSSR count). The van der Waals surface area contributed by atoms with Crippen molar-refractivity contribution in [2.24, 2.45) is 11.8 Å². The molecule has 1 aliphatic carbocycles. The van der Waals surface area contributed by atoms with Crippen LogP contribution in [-0.4, -0.2) is 60.1 Å². The molecule has 5 nitrogen and oxygen atoms in total. The van der Waals surface area contributed by atoms with E-state index in [-0.39, 0.29) is 30.8 Å². The molecular weight excluding hydrogens is 323 g/mol. The quantitative estimate of drug-likeness (QED) is 0.834. The molecule has 0 radical (unpaired) electrons. The SMILES string of the molecule is O=C([C@H]1CCC[C@@H](C(F)(F)F)C1)N1CCC(N2CCNC2=O)CC1. The summed E-state index contributed by atoms with van der Waals surface area (Å²) >= 11 is 0. The van der Waals surface area contributed by atoms with Crippen LogP contribution in [0.15, 0.2) is 0 Å². The van der Waals surface area contributed by atoms with Crippen LogP contribution in [0.5, 0.6) is 0 Å². The van der Waals surface area contributed by atoms with Crippen LogP contribution in [0.4, 0.5) is 18.0 Å². The average molecular weight is 347 g/mol. The molecule has 2 aliphatic heterocycles. The molecule has 24 heavy (non-hydrogen) atoms. The molecule has 2 atom stereocenters. The first-order chi connectivity index (χ1) is 11.4. The van der Waals surface area contributed by atoms with Crippen LogP contribution < -0.4 is 5.32 Å². The summed E-state index contributed by atoms with van der Waals surface area (Å²) in [5, 5.41) is 2.77. The average Bonchev–Trinajstić information content (AvgIpc) is 3.00. The summed E-state index contributed by atoms with van der Waals surface area (Å²) in [6, 6.07) is 0.0749. The van der Waals surface area contributed by atoms with Crippen molar-refractivity contribution in [1.82, 2.24) is 15.1 Å². The van der Waals surface area contributed by atoms with Crippen molar-refractivity contribution in [2.45, 2.75) is 50.7 Å². The van der Waals surface area contributed by atoms with Crippen LogP contribution in [0.1, 0.15) is 38.5 Å². The molecule has 1 N–H and O–H groups in total. The van der Waals surface area contributed by atoms with Crippen LogP contribution in [0, 0.1) is 11.8 Å². The summed E-state index contributed by atoms with van der Waals surface area (Å²) < 4.78 is 38.7. The fourth-order valence-corrected chi connectivity index (χ4v) is 4.20. The molecule has 0 bridgehead atoms. The third-order valence-corrected chi connectivity index (χ3v) is 5.59. The van der Waals surface area contributed by atoms with Gasteiger partial charge in [-0.1, -0.05) is 6.42 Å². The number of likely N-dealkylation sites (tertiary alicyclic amines) is 1. The highest BCUT2D eigenvalue weighted by atomic mass is 19.4. The van der Waals surface area contributed by atoms with Crippen molar-refractivity contribution in [3.8, 4) is 0 Å². The lowest BCUT2D eigenvalue weighted by Crippen LogP contribution is -2.49. The summed E-state index contributed by atoms with van der Waals surface area (Å²) in [4.78, 5) is 27.8. The zero-order valence-electron chi connectivity index (χ0n) is 13.6. The van der Waals surface area contributed by atoms with E-state index < -0.39 is 18.0 Å². The lowest BCUT2D eigenvalue weighted by molar-refractivity contribution is -0.187. The van der Waals surface area contributed by atoms with E-state index in [2.05, 4.69) is 5.32 Å². The Morgan fingerprint density at radius 2 is 1.79 bits per heavy atom. The number of hydrogen-bond donors (Lipinski definition) is 1. The lowest BCUT2D eigenvalue weighted by atomic mass is 9.80. The zero-order chi connectivity index (χ0) is 17.3. The van der Waals surface area contributed by atoms with Gasteiger partial charge in [0.15, 0.2) is 0 Å². The molecule has 0 unspecified atom stereocenters. The molecule has 0 aromatic rings. The van der Waals surface area contributed by atoms with Crippen LogP contribution >= 0.6 is 0 Å². The molecule has 3 aliphatic rings. The molecule has 8 heteroatoms. The Morgan fingerprint density at radius 3 is 2.38 bits per heavy atom. The summed E-state index contributed by atoms with van der Waals surface area (Å²) in [6.07, 6.45) is -1.71. The van der Waals surface area contributed by atoms with Gasteiger partial charge in [-0.25, -0.2) is 4.79 Å². The molecule has 136 valence electrons. The van der Waals surface area contributed by atoms with Crippen molar-refractivity contribution in [3.63, 3.8) is 0 Å². The molecule has 3 amide bonds. The summed E-state index contributed by atoms with van der Waals surface area (Å²) in [7, 11) is 0. The maximum atomic E-state index is 12.9. The number of piperidine rings is 1. The maximum Gasteiger partial charge on any atom is 0.391 e. The largest absolute Gasteiger partial charge is 0.391 e. The number of halogens is 3. The normalized spacial score (nSPS) is 29.7. The number of hydrogen-bond acceptors (Lipinski definition) is 2. The van der Waals surface area contributed by atoms with Gasteiger partial charge in [-0.05, 0) is 32.1 Å². The second-order valence-corrected chi connectivity index (χ2v) is 7.08. The van der Waals surface area contributed by atoms with Gasteiger partial charge in [-0.2, -0.15) is 13.2 Å². The van der Waals surface area contributed by atoms with Crippen LogP contribution in [0.2, 0.25) is 0 Å². The van der Waals surface area contributed by atoms with E-state index in [9.17, 15) is 22.8 Å². The number of nitrogens with one attached hydrogen (secondary N) is 1. The molecule has 3 fully saturated rings. The highest BCUT2D eigenvalue weighted by molar-refractivity contribution is 5.79. The zero-order valence-corrected chi connectivity index (χ0v) is 13.6. The van der Waals surface area contributed by atoms with E-state index in [1.165, 1.54) is 0 Å². The molecule has 2 saturated heterocycles. The molecule has 1 saturated carbocycles. The number of urea groups is 1. The molecule has 0 spiro atoms. The van der Waals surface area contributed by atoms with Crippen molar-refractivity contribution in [3.05, 3.63) is 0 Å². The minimum atomic E-state index is -4.20. The fraction of sp³-hybridized carbons (Fsp3) is 0.875. The van der Waals surface area contributed by atoms with E-state index in [4.69, 9.17) is 0 Å². The van der Waals surface area contributed by atoms with Crippen LogP contribution in [0.25, 0.3) is 0 Å². The molecule has 2 heterocycles. The van der Waals surface area contributed by atoms with Crippen molar-refractivity contribution in [2.75, 3.05) is 26.2 Å². The van der Waals surface area contributed by atoms with Gasteiger partial charge < -0.3 is 15.1 Å². The summed E-state index contributed by atoms with van der Waals surface area (Å²) in [5.41, 5.74) is 0. The maximum absolute atomic E-state index is 12.9. The first-order valence-electron chi connectivity index (χ1n) is 8.76.